The van der Waals surface area contributed by atoms with Crippen molar-refractivity contribution in [3.8, 4) is 17.0 Å². The molecule has 3 aromatic rings. The van der Waals surface area contributed by atoms with Gasteiger partial charge < -0.3 is 20.1 Å². The van der Waals surface area contributed by atoms with Gasteiger partial charge in [-0.25, -0.2) is 14.5 Å². The number of rotatable bonds is 7. The minimum absolute atomic E-state index is 0.0382. The smallest absolute Gasteiger partial charge is 0.354 e. The Morgan fingerprint density at radius 3 is 2.61 bits per heavy atom. The van der Waals surface area contributed by atoms with Gasteiger partial charge in [-0.15, -0.1) is 5.10 Å². The standard InChI is InChI=1S/C30H39N5O3/c1-18(2)38-29-27-24(15-25(30(36)37)32-28(27)35(33-29)23-7-5-4-6-8-23)20-11-9-19(10-12-20)13-22-14-21-16-34(3)17-26(21)31-22/h9-12,15,18,21-23,26,31H,4-8,13-14,16-17H2,1-3H3,(H,36,37). The average molecular weight is 518 g/mol. The van der Waals surface area contributed by atoms with Crippen LogP contribution in [0.3, 0.4) is 0 Å². The quantitative estimate of drug-likeness (QED) is 0.459. The molecule has 3 aliphatic rings. The lowest BCUT2D eigenvalue weighted by atomic mass is 9.95. The number of likely N-dealkylation sites (tertiary alicyclic amines) is 1. The Bertz CT molecular complexity index is 1300. The number of hydrogen-bond acceptors (Lipinski definition) is 6. The normalized spacial score (nSPS) is 24.4. The van der Waals surface area contributed by atoms with Gasteiger partial charge in [-0.05, 0) is 69.7 Å². The van der Waals surface area contributed by atoms with Gasteiger partial charge in [0.25, 0.3) is 0 Å². The lowest BCUT2D eigenvalue weighted by molar-refractivity contribution is 0.0691. The monoisotopic (exact) mass is 517 g/mol. The third-order valence-corrected chi connectivity index (χ3v) is 8.52. The first-order chi connectivity index (χ1) is 18.4. The third-order valence-electron chi connectivity index (χ3n) is 8.52. The molecule has 4 heterocycles. The number of aromatic carboxylic acids is 1. The number of carboxylic acid groups (broad SMARTS) is 1. The number of pyridine rings is 1. The summed E-state index contributed by atoms with van der Waals surface area (Å²) in [4.78, 5) is 19.1. The second-order valence-corrected chi connectivity index (χ2v) is 11.9. The number of nitrogens with zero attached hydrogens (tertiary/aromatic N) is 4. The van der Waals surface area contributed by atoms with E-state index in [9.17, 15) is 9.90 Å². The summed E-state index contributed by atoms with van der Waals surface area (Å²) < 4.78 is 8.13. The number of hydrogen-bond donors (Lipinski definition) is 2. The Morgan fingerprint density at radius 1 is 1.16 bits per heavy atom. The van der Waals surface area contributed by atoms with Crippen molar-refractivity contribution in [1.29, 1.82) is 0 Å². The first kappa shape index (κ1) is 25.3. The molecule has 2 aromatic heterocycles. The van der Waals surface area contributed by atoms with E-state index in [1.165, 1.54) is 24.9 Å². The van der Waals surface area contributed by atoms with E-state index >= 15 is 0 Å². The number of benzene rings is 1. The second-order valence-electron chi connectivity index (χ2n) is 11.9. The molecule has 3 unspecified atom stereocenters. The zero-order valence-electron chi connectivity index (χ0n) is 22.7. The van der Waals surface area contributed by atoms with E-state index in [-0.39, 0.29) is 17.8 Å². The van der Waals surface area contributed by atoms with Gasteiger partial charge in [0, 0.05) is 30.7 Å². The van der Waals surface area contributed by atoms with Crippen LogP contribution in [0, 0.1) is 5.92 Å². The molecule has 6 rings (SSSR count). The molecule has 8 nitrogen and oxygen atoms in total. The van der Waals surface area contributed by atoms with Gasteiger partial charge >= 0.3 is 5.97 Å². The third kappa shape index (κ3) is 4.92. The van der Waals surface area contributed by atoms with Crippen molar-refractivity contribution >= 4 is 17.0 Å². The van der Waals surface area contributed by atoms with E-state index in [2.05, 4.69) is 46.5 Å². The minimum atomic E-state index is -1.03. The van der Waals surface area contributed by atoms with E-state index in [1.807, 2.05) is 18.5 Å². The van der Waals surface area contributed by atoms with E-state index in [0.717, 1.165) is 61.1 Å². The molecule has 8 heteroatoms. The summed E-state index contributed by atoms with van der Waals surface area (Å²) in [7, 11) is 2.20. The fraction of sp³-hybridized carbons (Fsp3) is 0.567. The van der Waals surface area contributed by atoms with E-state index in [4.69, 9.17) is 9.84 Å². The van der Waals surface area contributed by atoms with Gasteiger partial charge in [0.15, 0.2) is 11.3 Å². The van der Waals surface area contributed by atoms with Crippen molar-refractivity contribution in [1.82, 2.24) is 25.0 Å². The van der Waals surface area contributed by atoms with Crippen LogP contribution in [0.1, 0.15) is 74.5 Å². The molecule has 2 saturated heterocycles. The molecule has 3 atom stereocenters. The number of likely N-dealkylation sites (N-methyl/N-ethyl adjacent to an activating group) is 1. The number of nitrogens with one attached hydrogen (secondary N) is 1. The molecule has 0 bridgehead atoms. The maximum Gasteiger partial charge on any atom is 0.354 e. The Labute approximate surface area is 224 Å². The topological polar surface area (TPSA) is 92.5 Å². The maximum atomic E-state index is 12.1. The van der Waals surface area contributed by atoms with Gasteiger partial charge in [0.1, 0.15) is 0 Å². The van der Waals surface area contributed by atoms with Crippen molar-refractivity contribution in [3.05, 3.63) is 41.6 Å². The van der Waals surface area contributed by atoms with Crippen LogP contribution in [0.25, 0.3) is 22.2 Å². The van der Waals surface area contributed by atoms with Crippen LogP contribution in [-0.4, -0.2) is 69.1 Å². The molecule has 3 fully saturated rings. The number of aromatic nitrogens is 3. The molecular formula is C30H39N5O3. The van der Waals surface area contributed by atoms with E-state index in [0.29, 0.717) is 23.6 Å². The molecule has 0 radical (unpaired) electrons. The highest BCUT2D eigenvalue weighted by atomic mass is 16.5. The van der Waals surface area contributed by atoms with Crippen molar-refractivity contribution < 1.29 is 14.6 Å². The molecule has 0 spiro atoms. The van der Waals surface area contributed by atoms with E-state index < -0.39 is 5.97 Å². The molecule has 2 N–H and O–H groups in total. The molecular weight excluding hydrogens is 478 g/mol. The molecule has 2 aliphatic heterocycles. The highest BCUT2D eigenvalue weighted by Gasteiger charge is 2.39. The fourth-order valence-electron chi connectivity index (χ4n) is 6.82. The molecule has 1 aromatic carbocycles. The molecule has 1 saturated carbocycles. The summed E-state index contributed by atoms with van der Waals surface area (Å²) in [6.45, 7) is 6.30. The first-order valence-corrected chi connectivity index (χ1v) is 14.2. The zero-order valence-corrected chi connectivity index (χ0v) is 22.7. The summed E-state index contributed by atoms with van der Waals surface area (Å²) in [5, 5.41) is 19.5. The van der Waals surface area contributed by atoms with Gasteiger partial charge in [-0.1, -0.05) is 43.5 Å². The Morgan fingerprint density at radius 2 is 1.92 bits per heavy atom. The van der Waals surface area contributed by atoms with Gasteiger partial charge in [0.2, 0.25) is 5.88 Å². The predicted octanol–water partition coefficient (Wildman–Crippen LogP) is 4.92. The Balaban J connectivity index is 1.35. The second kappa shape index (κ2) is 10.3. The number of carboxylic acids is 1. The first-order valence-electron chi connectivity index (χ1n) is 14.2. The lowest BCUT2D eigenvalue weighted by Crippen LogP contribution is -2.35. The van der Waals surface area contributed by atoms with Gasteiger partial charge in [-0.3, -0.25) is 0 Å². The Kier molecular flexibility index (Phi) is 6.86. The van der Waals surface area contributed by atoms with Gasteiger partial charge in [0.05, 0.1) is 17.5 Å². The van der Waals surface area contributed by atoms with Crippen LogP contribution < -0.4 is 10.1 Å². The number of carbonyl (C=O) groups is 1. The molecule has 0 amide bonds. The van der Waals surface area contributed by atoms with Crippen LogP contribution >= 0.6 is 0 Å². The number of ether oxygens (including phenoxy) is 1. The van der Waals surface area contributed by atoms with Crippen molar-refractivity contribution in [2.75, 3.05) is 20.1 Å². The lowest BCUT2D eigenvalue weighted by Gasteiger charge is -2.22. The average Bonchev–Trinajstić information content (AvgIpc) is 3.55. The summed E-state index contributed by atoms with van der Waals surface area (Å²) in [6, 6.07) is 11.6. The maximum absolute atomic E-state index is 12.1. The van der Waals surface area contributed by atoms with Crippen LogP contribution in [-0.2, 0) is 6.42 Å². The van der Waals surface area contributed by atoms with E-state index in [1.54, 1.807) is 6.07 Å². The molecule has 1 aliphatic carbocycles. The highest BCUT2D eigenvalue weighted by Crippen LogP contribution is 2.39. The van der Waals surface area contributed by atoms with Crippen LogP contribution in [0.5, 0.6) is 5.88 Å². The van der Waals surface area contributed by atoms with Crippen molar-refractivity contribution in [2.45, 2.75) is 83.0 Å². The minimum Gasteiger partial charge on any atom is -0.477 e. The number of fused-ring (bicyclic) bond motifs is 2. The van der Waals surface area contributed by atoms with Crippen LogP contribution in [0.4, 0.5) is 0 Å². The molecule has 38 heavy (non-hydrogen) atoms. The predicted molar refractivity (Wildman–Crippen MR) is 148 cm³/mol. The van der Waals surface area contributed by atoms with Gasteiger partial charge in [-0.2, -0.15) is 0 Å². The Hall–Kier alpha value is -2.97. The summed E-state index contributed by atoms with van der Waals surface area (Å²) in [6.07, 6.45) is 7.74. The summed E-state index contributed by atoms with van der Waals surface area (Å²) in [5.74, 6) is 0.260. The zero-order chi connectivity index (χ0) is 26.4. The van der Waals surface area contributed by atoms with Crippen molar-refractivity contribution in [3.63, 3.8) is 0 Å². The molecule has 202 valence electrons. The van der Waals surface area contributed by atoms with Crippen LogP contribution in [0.15, 0.2) is 30.3 Å². The summed E-state index contributed by atoms with van der Waals surface area (Å²) >= 11 is 0. The SMILES string of the molecule is CC(C)Oc1nn(C2CCCCC2)c2nc(C(=O)O)cc(-c3ccc(CC4CC5CN(C)CC5N4)cc3)c12. The summed E-state index contributed by atoms with van der Waals surface area (Å²) in [5.41, 5.74) is 3.71. The fourth-order valence-corrected chi connectivity index (χ4v) is 6.82. The van der Waals surface area contributed by atoms with Crippen molar-refractivity contribution in [2.24, 2.45) is 5.92 Å². The highest BCUT2D eigenvalue weighted by molar-refractivity contribution is 6.01. The van der Waals surface area contributed by atoms with Crippen LogP contribution in [0.2, 0.25) is 0 Å². The largest absolute Gasteiger partial charge is 0.477 e.